The fourth-order valence-electron chi connectivity index (χ4n) is 2.65. The van der Waals surface area contributed by atoms with E-state index in [0.29, 0.717) is 36.4 Å². The number of rotatable bonds is 8. The fourth-order valence-corrected chi connectivity index (χ4v) is 4.54. The summed E-state index contributed by atoms with van der Waals surface area (Å²) in [5.74, 6) is 2.41. The first-order valence-electron chi connectivity index (χ1n) is 8.35. The van der Waals surface area contributed by atoms with Crippen molar-refractivity contribution in [1.29, 1.82) is 0 Å². The van der Waals surface area contributed by atoms with Crippen LogP contribution < -0.4 is 11.1 Å². The molecule has 0 aliphatic carbocycles. The second-order valence-corrected chi connectivity index (χ2v) is 9.22. The Morgan fingerprint density at radius 3 is 2.96 bits per heavy atom. The number of piperidine rings is 1. The lowest BCUT2D eigenvalue weighted by Crippen LogP contribution is -2.41. The number of hydrogen-bond donors (Lipinski definition) is 2. The maximum atomic E-state index is 11.7. The molecular weight excluding hydrogens is 346 g/mol. The fraction of sp³-hybridized carbons (Fsp3) is 0.733. The molecule has 0 spiro atoms. The van der Waals surface area contributed by atoms with Crippen LogP contribution in [-0.4, -0.2) is 54.3 Å². The Balaban J connectivity index is 1.91. The van der Waals surface area contributed by atoms with Crippen molar-refractivity contribution in [1.82, 2.24) is 14.3 Å². The highest BCUT2D eigenvalue weighted by Gasteiger charge is 2.25. The summed E-state index contributed by atoms with van der Waals surface area (Å²) >= 11 is 1.61. The number of unbranched alkanes of at least 4 members (excludes halogenated alkanes) is 1. The Hall–Kier alpha value is -1.06. The van der Waals surface area contributed by atoms with Crippen molar-refractivity contribution in [2.75, 3.05) is 42.7 Å². The van der Waals surface area contributed by atoms with Crippen LogP contribution in [-0.2, 0) is 10.0 Å². The zero-order valence-electron chi connectivity index (χ0n) is 14.4. The van der Waals surface area contributed by atoms with Gasteiger partial charge in [-0.1, -0.05) is 25.1 Å². The summed E-state index contributed by atoms with van der Waals surface area (Å²) in [6.45, 7) is 4.01. The van der Waals surface area contributed by atoms with E-state index in [4.69, 9.17) is 5.73 Å². The predicted octanol–water partition coefficient (Wildman–Crippen LogP) is 2.03. The SMILES string of the molecule is CCCCSc1nc(N)cc(NC[C@@H]2CCCN(S(C)(=O)=O)C2)n1. The quantitative estimate of drug-likeness (QED) is 0.408. The molecular formula is C15H27N5O2S2. The van der Waals surface area contributed by atoms with Crippen LogP contribution in [0.5, 0.6) is 0 Å². The third-order valence-corrected chi connectivity index (χ3v) is 6.18. The Morgan fingerprint density at radius 2 is 2.25 bits per heavy atom. The summed E-state index contributed by atoms with van der Waals surface area (Å²) in [6.07, 6.45) is 5.43. The zero-order chi connectivity index (χ0) is 17.6. The molecule has 1 fully saturated rings. The number of thioether (sulfide) groups is 1. The zero-order valence-corrected chi connectivity index (χ0v) is 16.0. The standard InChI is InChI=1S/C15H27N5O2S2/c1-3-4-8-23-15-18-13(16)9-14(19-15)17-10-12-6-5-7-20(11-12)24(2,21)22/h9,12H,3-8,10-11H2,1-2H3,(H3,16,17,18,19)/t12-/m0/s1. The van der Waals surface area contributed by atoms with E-state index in [1.807, 2.05) is 0 Å². The van der Waals surface area contributed by atoms with Crippen molar-refractivity contribution in [2.24, 2.45) is 5.92 Å². The molecule has 24 heavy (non-hydrogen) atoms. The molecule has 0 unspecified atom stereocenters. The molecule has 136 valence electrons. The summed E-state index contributed by atoms with van der Waals surface area (Å²) in [5.41, 5.74) is 5.86. The second kappa shape index (κ2) is 8.87. The topological polar surface area (TPSA) is 101 Å². The number of nitrogens with two attached hydrogens (primary N) is 1. The first-order valence-corrected chi connectivity index (χ1v) is 11.2. The molecule has 0 radical (unpaired) electrons. The summed E-state index contributed by atoms with van der Waals surface area (Å²) in [4.78, 5) is 8.73. The van der Waals surface area contributed by atoms with Crippen LogP contribution in [0.2, 0.25) is 0 Å². The van der Waals surface area contributed by atoms with Gasteiger partial charge in [-0.25, -0.2) is 22.7 Å². The maximum Gasteiger partial charge on any atom is 0.211 e. The van der Waals surface area contributed by atoms with Gasteiger partial charge in [0.05, 0.1) is 6.26 Å². The van der Waals surface area contributed by atoms with E-state index in [1.54, 1.807) is 22.1 Å². The van der Waals surface area contributed by atoms with Crippen LogP contribution in [0.3, 0.4) is 0 Å². The van der Waals surface area contributed by atoms with Gasteiger partial charge in [0.1, 0.15) is 11.6 Å². The molecule has 1 aliphatic rings. The van der Waals surface area contributed by atoms with Crippen molar-refractivity contribution in [3.63, 3.8) is 0 Å². The van der Waals surface area contributed by atoms with E-state index in [2.05, 4.69) is 22.2 Å². The van der Waals surface area contributed by atoms with Gasteiger partial charge in [0.25, 0.3) is 0 Å². The van der Waals surface area contributed by atoms with E-state index in [1.165, 1.54) is 6.26 Å². The highest BCUT2D eigenvalue weighted by atomic mass is 32.2. The lowest BCUT2D eigenvalue weighted by atomic mass is 10.00. The molecule has 1 aromatic heterocycles. The molecule has 1 aliphatic heterocycles. The molecule has 3 N–H and O–H groups in total. The Bertz CT molecular complexity index is 639. The van der Waals surface area contributed by atoms with Crippen molar-refractivity contribution >= 4 is 33.4 Å². The van der Waals surface area contributed by atoms with Crippen LogP contribution in [0.15, 0.2) is 11.2 Å². The number of aromatic nitrogens is 2. The third kappa shape index (κ3) is 6.10. The molecule has 1 saturated heterocycles. The minimum absolute atomic E-state index is 0.279. The number of anilines is 2. The summed E-state index contributed by atoms with van der Waals surface area (Å²) in [7, 11) is -3.11. The molecule has 0 bridgehead atoms. The van der Waals surface area contributed by atoms with Crippen LogP contribution in [0.1, 0.15) is 32.6 Å². The summed E-state index contributed by atoms with van der Waals surface area (Å²) in [5, 5.41) is 3.98. The number of nitrogens with zero attached hydrogens (tertiary/aromatic N) is 3. The van der Waals surface area contributed by atoms with E-state index in [9.17, 15) is 8.42 Å². The molecule has 7 nitrogen and oxygen atoms in total. The van der Waals surface area contributed by atoms with Crippen molar-refractivity contribution in [3.8, 4) is 0 Å². The lowest BCUT2D eigenvalue weighted by molar-refractivity contribution is 0.276. The maximum absolute atomic E-state index is 11.7. The van der Waals surface area contributed by atoms with Crippen molar-refractivity contribution in [3.05, 3.63) is 6.07 Å². The highest BCUT2D eigenvalue weighted by molar-refractivity contribution is 7.99. The van der Waals surface area contributed by atoms with Crippen molar-refractivity contribution in [2.45, 2.75) is 37.8 Å². The molecule has 9 heteroatoms. The normalized spacial score (nSPS) is 19.3. The van der Waals surface area contributed by atoms with Crippen LogP contribution in [0, 0.1) is 5.92 Å². The summed E-state index contributed by atoms with van der Waals surface area (Å²) < 4.78 is 24.9. The van der Waals surface area contributed by atoms with E-state index in [-0.39, 0.29) is 5.92 Å². The Kier molecular flexibility index (Phi) is 7.12. The smallest absolute Gasteiger partial charge is 0.211 e. The Morgan fingerprint density at radius 1 is 1.46 bits per heavy atom. The molecule has 0 saturated carbocycles. The molecule has 0 aromatic carbocycles. The van der Waals surface area contributed by atoms with Gasteiger partial charge in [0, 0.05) is 31.5 Å². The van der Waals surface area contributed by atoms with Gasteiger partial charge in [-0.3, -0.25) is 0 Å². The van der Waals surface area contributed by atoms with Gasteiger partial charge >= 0.3 is 0 Å². The van der Waals surface area contributed by atoms with Gasteiger partial charge < -0.3 is 11.1 Å². The predicted molar refractivity (Wildman–Crippen MR) is 99.7 cm³/mol. The van der Waals surface area contributed by atoms with E-state index >= 15 is 0 Å². The second-order valence-electron chi connectivity index (χ2n) is 6.17. The Labute approximate surface area is 148 Å². The van der Waals surface area contributed by atoms with Crippen LogP contribution in [0.25, 0.3) is 0 Å². The van der Waals surface area contributed by atoms with Gasteiger partial charge in [0.15, 0.2) is 5.16 Å². The number of nitrogens with one attached hydrogen (secondary N) is 1. The van der Waals surface area contributed by atoms with E-state index in [0.717, 1.165) is 31.4 Å². The average Bonchev–Trinajstić information content (AvgIpc) is 2.52. The van der Waals surface area contributed by atoms with Crippen LogP contribution >= 0.6 is 11.8 Å². The third-order valence-electron chi connectivity index (χ3n) is 3.98. The van der Waals surface area contributed by atoms with Gasteiger partial charge in [-0.15, -0.1) is 0 Å². The van der Waals surface area contributed by atoms with Gasteiger partial charge in [-0.05, 0) is 25.2 Å². The first kappa shape index (κ1) is 19.3. The van der Waals surface area contributed by atoms with Gasteiger partial charge in [-0.2, -0.15) is 0 Å². The van der Waals surface area contributed by atoms with E-state index < -0.39 is 10.0 Å². The molecule has 2 heterocycles. The average molecular weight is 374 g/mol. The van der Waals surface area contributed by atoms with Crippen molar-refractivity contribution < 1.29 is 8.42 Å². The number of sulfonamides is 1. The number of nitrogen functional groups attached to an aromatic ring is 1. The largest absolute Gasteiger partial charge is 0.383 e. The molecule has 1 aromatic rings. The number of hydrogen-bond acceptors (Lipinski definition) is 7. The highest BCUT2D eigenvalue weighted by Crippen LogP contribution is 2.21. The molecule has 1 atom stereocenters. The molecule has 2 rings (SSSR count). The minimum atomic E-state index is -3.11. The first-order chi connectivity index (χ1) is 11.4. The molecule has 0 amide bonds. The lowest BCUT2D eigenvalue weighted by Gasteiger charge is -2.31. The van der Waals surface area contributed by atoms with Crippen LogP contribution in [0.4, 0.5) is 11.6 Å². The summed E-state index contributed by atoms with van der Waals surface area (Å²) in [6, 6.07) is 1.72. The minimum Gasteiger partial charge on any atom is -0.383 e. The monoisotopic (exact) mass is 373 g/mol. The van der Waals surface area contributed by atoms with Gasteiger partial charge in [0.2, 0.25) is 10.0 Å².